The van der Waals surface area contributed by atoms with E-state index in [0.29, 0.717) is 17.3 Å². The fourth-order valence-corrected chi connectivity index (χ4v) is 2.97. The minimum absolute atomic E-state index is 0.252. The molecule has 3 aromatic rings. The zero-order valence-corrected chi connectivity index (χ0v) is 17.4. The van der Waals surface area contributed by atoms with Crippen LogP contribution in [0.5, 0.6) is 0 Å². The predicted molar refractivity (Wildman–Crippen MR) is 118 cm³/mol. The Morgan fingerprint density at radius 3 is 2.31 bits per heavy atom. The van der Waals surface area contributed by atoms with Crippen molar-refractivity contribution in [1.29, 1.82) is 0 Å². The number of likely N-dealkylation sites (N-methyl/N-ethyl adjacent to an activating group) is 1. The highest BCUT2D eigenvalue weighted by molar-refractivity contribution is 6.04. The maximum atomic E-state index is 13.0. The van der Waals surface area contributed by atoms with Crippen molar-refractivity contribution in [3.8, 4) is 11.4 Å². The highest BCUT2D eigenvalue weighted by Gasteiger charge is 2.15. The van der Waals surface area contributed by atoms with Crippen LogP contribution in [0.2, 0.25) is 0 Å². The molecule has 2 aromatic carbocycles. The Hall–Kier alpha value is -3.25. The van der Waals surface area contributed by atoms with Crippen molar-refractivity contribution in [2.45, 2.75) is 13.8 Å². The molecule has 0 saturated heterocycles. The molecule has 1 amide bonds. The molecule has 1 heterocycles. The van der Waals surface area contributed by atoms with E-state index in [1.807, 2.05) is 76.5 Å². The molecular formula is C23H27N5O. The number of nitrogens with one attached hydrogen (secondary N) is 2. The number of para-hydroxylation sites is 1. The van der Waals surface area contributed by atoms with Gasteiger partial charge in [0.15, 0.2) is 5.82 Å². The molecule has 0 radical (unpaired) electrons. The van der Waals surface area contributed by atoms with Gasteiger partial charge in [0, 0.05) is 30.4 Å². The highest BCUT2D eigenvalue weighted by Crippen LogP contribution is 2.22. The predicted octanol–water partition coefficient (Wildman–Crippen LogP) is 3.99. The van der Waals surface area contributed by atoms with Crippen molar-refractivity contribution in [2.24, 2.45) is 0 Å². The van der Waals surface area contributed by atoms with Gasteiger partial charge < -0.3 is 15.5 Å². The van der Waals surface area contributed by atoms with Crippen molar-refractivity contribution in [3.63, 3.8) is 0 Å². The molecular weight excluding hydrogens is 362 g/mol. The summed E-state index contributed by atoms with van der Waals surface area (Å²) in [5, 5.41) is 6.31. The number of benzene rings is 2. The van der Waals surface area contributed by atoms with Crippen LogP contribution in [0.4, 0.5) is 11.5 Å². The minimum Gasteiger partial charge on any atom is -0.369 e. The monoisotopic (exact) mass is 389 g/mol. The Labute approximate surface area is 172 Å². The molecule has 29 heavy (non-hydrogen) atoms. The fraction of sp³-hybridized carbons (Fsp3) is 0.261. The molecule has 6 heteroatoms. The van der Waals surface area contributed by atoms with Crippen molar-refractivity contribution in [3.05, 3.63) is 71.4 Å². The quantitative estimate of drug-likeness (QED) is 0.639. The molecule has 0 aliphatic carbocycles. The summed E-state index contributed by atoms with van der Waals surface area (Å²) < 4.78 is 0. The summed E-state index contributed by atoms with van der Waals surface area (Å²) in [5.41, 5.74) is 4.04. The SMILES string of the molecule is Cc1cccc(C)c1NC(=O)c1cc(NCCN(C)C)nc(-c2ccccc2)n1. The van der Waals surface area contributed by atoms with Crippen molar-refractivity contribution in [2.75, 3.05) is 37.8 Å². The standard InChI is InChI=1S/C23H27N5O/c1-16-9-8-10-17(2)21(16)27-23(29)19-15-20(24-13-14-28(3)4)26-22(25-19)18-11-6-5-7-12-18/h5-12,15H,13-14H2,1-4H3,(H,27,29)(H,24,25,26). The van der Waals surface area contributed by atoms with Crippen molar-refractivity contribution >= 4 is 17.4 Å². The first kappa shape index (κ1) is 20.5. The van der Waals surface area contributed by atoms with Crippen LogP contribution in [0.15, 0.2) is 54.6 Å². The summed E-state index contributed by atoms with van der Waals surface area (Å²) in [6.07, 6.45) is 0. The third-order valence-electron chi connectivity index (χ3n) is 4.58. The largest absolute Gasteiger partial charge is 0.369 e. The van der Waals surface area contributed by atoms with Crippen LogP contribution in [-0.2, 0) is 0 Å². The molecule has 0 saturated carbocycles. The summed E-state index contributed by atoms with van der Waals surface area (Å²) in [5.74, 6) is 0.900. The highest BCUT2D eigenvalue weighted by atomic mass is 16.1. The zero-order valence-electron chi connectivity index (χ0n) is 17.4. The van der Waals surface area contributed by atoms with Gasteiger partial charge in [-0.15, -0.1) is 0 Å². The second-order valence-corrected chi connectivity index (χ2v) is 7.28. The topological polar surface area (TPSA) is 70.2 Å². The second-order valence-electron chi connectivity index (χ2n) is 7.28. The second kappa shape index (κ2) is 9.30. The number of aromatic nitrogens is 2. The first-order valence-electron chi connectivity index (χ1n) is 9.64. The van der Waals surface area contributed by atoms with E-state index in [0.717, 1.165) is 35.5 Å². The van der Waals surface area contributed by atoms with Gasteiger partial charge in [0.2, 0.25) is 0 Å². The number of anilines is 2. The molecule has 2 N–H and O–H groups in total. The minimum atomic E-state index is -0.252. The summed E-state index contributed by atoms with van der Waals surface area (Å²) in [6.45, 7) is 5.53. The van der Waals surface area contributed by atoms with Crippen molar-refractivity contribution in [1.82, 2.24) is 14.9 Å². The summed E-state index contributed by atoms with van der Waals surface area (Å²) in [6, 6.07) is 17.3. The van der Waals surface area contributed by atoms with E-state index in [-0.39, 0.29) is 5.91 Å². The molecule has 3 rings (SSSR count). The average Bonchev–Trinajstić information content (AvgIpc) is 2.71. The van der Waals surface area contributed by atoms with Crippen LogP contribution in [0, 0.1) is 13.8 Å². The van der Waals surface area contributed by atoms with E-state index in [1.165, 1.54) is 0 Å². The third-order valence-corrected chi connectivity index (χ3v) is 4.58. The van der Waals surface area contributed by atoms with Gasteiger partial charge in [-0.25, -0.2) is 9.97 Å². The van der Waals surface area contributed by atoms with Gasteiger partial charge in [-0.05, 0) is 39.1 Å². The lowest BCUT2D eigenvalue weighted by molar-refractivity contribution is 0.102. The normalized spacial score (nSPS) is 10.8. The Balaban J connectivity index is 1.92. The molecule has 0 bridgehead atoms. The van der Waals surface area contributed by atoms with Crippen LogP contribution >= 0.6 is 0 Å². The maximum absolute atomic E-state index is 13.0. The molecule has 0 aliphatic heterocycles. The van der Waals surface area contributed by atoms with E-state index in [2.05, 4.69) is 25.5 Å². The number of carbonyl (C=O) groups excluding carboxylic acids is 1. The lowest BCUT2D eigenvalue weighted by Gasteiger charge is -2.14. The van der Waals surface area contributed by atoms with Gasteiger partial charge in [-0.2, -0.15) is 0 Å². The third kappa shape index (κ3) is 5.39. The molecule has 150 valence electrons. The number of hydrogen-bond donors (Lipinski definition) is 2. The number of carbonyl (C=O) groups is 1. The number of rotatable bonds is 7. The van der Waals surface area contributed by atoms with Gasteiger partial charge in [0.1, 0.15) is 11.5 Å². The summed E-state index contributed by atoms with van der Waals surface area (Å²) in [7, 11) is 4.03. The number of amides is 1. The molecule has 0 fully saturated rings. The Morgan fingerprint density at radius 1 is 0.966 bits per heavy atom. The van der Waals surface area contributed by atoms with Crippen molar-refractivity contribution < 1.29 is 4.79 Å². The van der Waals surface area contributed by atoms with Gasteiger partial charge in [-0.1, -0.05) is 48.5 Å². The van der Waals surface area contributed by atoms with Crippen LogP contribution in [-0.4, -0.2) is 48.0 Å². The van der Waals surface area contributed by atoms with E-state index in [4.69, 9.17) is 0 Å². The first-order valence-corrected chi connectivity index (χ1v) is 9.64. The lowest BCUT2D eigenvalue weighted by Crippen LogP contribution is -2.22. The van der Waals surface area contributed by atoms with E-state index in [9.17, 15) is 4.79 Å². The summed E-state index contributed by atoms with van der Waals surface area (Å²) in [4.78, 5) is 24.2. The van der Waals surface area contributed by atoms with Gasteiger partial charge in [0.05, 0.1) is 0 Å². The van der Waals surface area contributed by atoms with E-state index < -0.39 is 0 Å². The first-order chi connectivity index (χ1) is 13.9. The van der Waals surface area contributed by atoms with E-state index in [1.54, 1.807) is 6.07 Å². The Morgan fingerprint density at radius 2 is 1.66 bits per heavy atom. The number of aryl methyl sites for hydroxylation is 2. The molecule has 6 nitrogen and oxygen atoms in total. The average molecular weight is 390 g/mol. The Bertz CT molecular complexity index is 966. The molecule has 0 aliphatic rings. The number of nitrogens with zero attached hydrogens (tertiary/aromatic N) is 3. The van der Waals surface area contributed by atoms with Crippen LogP contribution in [0.25, 0.3) is 11.4 Å². The van der Waals surface area contributed by atoms with Gasteiger partial charge in [-0.3, -0.25) is 4.79 Å². The summed E-state index contributed by atoms with van der Waals surface area (Å²) >= 11 is 0. The number of hydrogen-bond acceptors (Lipinski definition) is 5. The molecule has 0 spiro atoms. The van der Waals surface area contributed by atoms with E-state index >= 15 is 0 Å². The smallest absolute Gasteiger partial charge is 0.274 e. The lowest BCUT2D eigenvalue weighted by atomic mass is 10.1. The molecule has 0 unspecified atom stereocenters. The van der Waals surface area contributed by atoms with Crippen LogP contribution < -0.4 is 10.6 Å². The van der Waals surface area contributed by atoms with Crippen LogP contribution in [0.1, 0.15) is 21.6 Å². The van der Waals surface area contributed by atoms with Gasteiger partial charge >= 0.3 is 0 Å². The molecule has 1 aromatic heterocycles. The fourth-order valence-electron chi connectivity index (χ4n) is 2.97. The van der Waals surface area contributed by atoms with Crippen LogP contribution in [0.3, 0.4) is 0 Å². The maximum Gasteiger partial charge on any atom is 0.274 e. The molecule has 0 atom stereocenters. The zero-order chi connectivity index (χ0) is 20.8. The van der Waals surface area contributed by atoms with Gasteiger partial charge in [0.25, 0.3) is 5.91 Å². The Kier molecular flexibility index (Phi) is 6.57.